The van der Waals surface area contributed by atoms with E-state index >= 15 is 0 Å². The van der Waals surface area contributed by atoms with Crippen LogP contribution in [0.5, 0.6) is 0 Å². The van der Waals surface area contributed by atoms with Gasteiger partial charge in [0.2, 0.25) is 0 Å². The van der Waals surface area contributed by atoms with E-state index in [1.807, 2.05) is 6.20 Å². The van der Waals surface area contributed by atoms with Crippen molar-refractivity contribution in [3.8, 4) is 0 Å². The molecule has 1 saturated heterocycles. The number of nitrogens with zero attached hydrogens (tertiary/aromatic N) is 3. The van der Waals surface area contributed by atoms with Crippen molar-refractivity contribution >= 4 is 27.4 Å². The van der Waals surface area contributed by atoms with Crippen molar-refractivity contribution in [2.24, 2.45) is 0 Å². The molecule has 1 aliphatic heterocycles. The van der Waals surface area contributed by atoms with Crippen LogP contribution < -0.4 is 5.73 Å². The Kier molecular flexibility index (Phi) is 4.75. The van der Waals surface area contributed by atoms with Crippen molar-refractivity contribution in [1.82, 2.24) is 14.7 Å². The van der Waals surface area contributed by atoms with Crippen LogP contribution in [0.3, 0.4) is 0 Å². The number of rotatable bonds is 5. The fourth-order valence-corrected chi connectivity index (χ4v) is 5.18. The molecule has 6 nitrogen and oxygen atoms in total. The molecule has 1 unspecified atom stereocenters. The van der Waals surface area contributed by atoms with Crippen molar-refractivity contribution < 1.29 is 8.42 Å². The van der Waals surface area contributed by atoms with E-state index in [0.29, 0.717) is 11.6 Å². The number of hydrogen-bond acceptors (Lipinski definition) is 6. The lowest BCUT2D eigenvalue weighted by atomic mass is 10.3. The summed E-state index contributed by atoms with van der Waals surface area (Å²) in [5.41, 5.74) is 5.55. The van der Waals surface area contributed by atoms with Crippen molar-refractivity contribution in [1.29, 1.82) is 0 Å². The highest BCUT2D eigenvalue weighted by atomic mass is 32.2. The largest absolute Gasteiger partial charge is 0.382 e. The summed E-state index contributed by atoms with van der Waals surface area (Å²) in [5.74, 6) is 2.19. The van der Waals surface area contributed by atoms with Crippen LogP contribution in [0.15, 0.2) is 12.3 Å². The molecule has 0 amide bonds. The molecular formula is C11H20N4O2S2. The molecule has 0 radical (unpaired) electrons. The monoisotopic (exact) mass is 304 g/mol. The number of nitrogens with two attached hydrogens (primary N) is 1. The van der Waals surface area contributed by atoms with Gasteiger partial charge in [0.25, 0.3) is 0 Å². The first-order valence-electron chi connectivity index (χ1n) is 6.26. The highest BCUT2D eigenvalue weighted by Gasteiger charge is 2.30. The van der Waals surface area contributed by atoms with E-state index in [2.05, 4.69) is 10.00 Å². The topological polar surface area (TPSA) is 81.2 Å². The molecule has 108 valence electrons. The number of sulfone groups is 1. The Hall–Kier alpha value is -0.730. The van der Waals surface area contributed by atoms with Gasteiger partial charge >= 0.3 is 0 Å². The zero-order valence-electron chi connectivity index (χ0n) is 11.0. The third kappa shape index (κ3) is 4.12. The number of aryl methyl sites for hydroxylation is 1. The van der Waals surface area contributed by atoms with Crippen LogP contribution in [0.2, 0.25) is 0 Å². The summed E-state index contributed by atoms with van der Waals surface area (Å²) in [5, 5.41) is 3.78. The van der Waals surface area contributed by atoms with Crippen LogP contribution in [0.1, 0.15) is 6.42 Å². The molecule has 1 fully saturated rings. The van der Waals surface area contributed by atoms with E-state index in [4.69, 9.17) is 5.73 Å². The van der Waals surface area contributed by atoms with E-state index in [1.54, 1.807) is 22.5 Å². The molecule has 8 heteroatoms. The van der Waals surface area contributed by atoms with E-state index in [1.165, 1.54) is 6.26 Å². The maximum Gasteiger partial charge on any atom is 0.164 e. The summed E-state index contributed by atoms with van der Waals surface area (Å²) in [6.07, 6.45) is 4.04. The highest BCUT2D eigenvalue weighted by Crippen LogP contribution is 2.20. The molecule has 1 aromatic rings. The van der Waals surface area contributed by atoms with E-state index in [9.17, 15) is 8.42 Å². The first kappa shape index (κ1) is 14.7. The first-order valence-corrected chi connectivity index (χ1v) is 9.37. The summed E-state index contributed by atoms with van der Waals surface area (Å²) in [7, 11) is -3.00. The molecule has 0 aromatic carbocycles. The number of anilines is 1. The average molecular weight is 304 g/mol. The minimum Gasteiger partial charge on any atom is -0.382 e. The predicted molar refractivity (Wildman–Crippen MR) is 78.8 cm³/mol. The standard InChI is InChI=1S/C11H20N4O2S2/c1-19(16,17)11-9-18-8-7-14(11)4-2-5-15-6-3-10(12)13-15/h3,6,11H,2,4-5,7-9H2,1H3,(H2,12,13). The van der Waals surface area contributed by atoms with Crippen molar-refractivity contribution in [2.45, 2.75) is 18.3 Å². The molecule has 19 heavy (non-hydrogen) atoms. The predicted octanol–water partition coefficient (Wildman–Crippen LogP) is 0.275. The number of hydrogen-bond donors (Lipinski definition) is 1. The van der Waals surface area contributed by atoms with Crippen LogP contribution >= 0.6 is 11.8 Å². The fourth-order valence-electron chi connectivity index (χ4n) is 2.20. The summed E-state index contributed by atoms with van der Waals surface area (Å²) in [6, 6.07) is 1.76. The Labute approximate surface area is 118 Å². The lowest BCUT2D eigenvalue weighted by Crippen LogP contribution is -2.47. The zero-order chi connectivity index (χ0) is 13.9. The Bertz CT molecular complexity index is 515. The minimum absolute atomic E-state index is 0.339. The Balaban J connectivity index is 1.86. The summed E-state index contributed by atoms with van der Waals surface area (Å²) in [4.78, 5) is 2.07. The summed E-state index contributed by atoms with van der Waals surface area (Å²) >= 11 is 1.71. The maximum absolute atomic E-state index is 11.7. The third-order valence-corrected chi connectivity index (χ3v) is 5.87. The maximum atomic E-state index is 11.7. The van der Waals surface area contributed by atoms with Gasteiger partial charge in [-0.05, 0) is 12.5 Å². The molecule has 1 aromatic heterocycles. The van der Waals surface area contributed by atoms with Crippen LogP contribution in [-0.2, 0) is 16.4 Å². The number of nitrogen functional groups attached to an aromatic ring is 1. The first-order chi connectivity index (χ1) is 8.97. The van der Waals surface area contributed by atoms with Crippen LogP contribution in [0.4, 0.5) is 5.82 Å². The lowest BCUT2D eigenvalue weighted by molar-refractivity contribution is 0.260. The van der Waals surface area contributed by atoms with Crippen LogP contribution in [-0.4, -0.2) is 59.3 Å². The Morgan fingerprint density at radius 3 is 2.95 bits per heavy atom. The van der Waals surface area contributed by atoms with Gasteiger partial charge in [-0.2, -0.15) is 16.9 Å². The second kappa shape index (κ2) is 6.15. The van der Waals surface area contributed by atoms with Gasteiger partial charge in [0.05, 0.1) is 0 Å². The summed E-state index contributed by atoms with van der Waals surface area (Å²) < 4.78 is 25.3. The van der Waals surface area contributed by atoms with Crippen LogP contribution in [0, 0.1) is 0 Å². The van der Waals surface area contributed by atoms with Gasteiger partial charge < -0.3 is 5.73 Å². The molecule has 2 heterocycles. The smallest absolute Gasteiger partial charge is 0.164 e. The van der Waals surface area contributed by atoms with Crippen molar-refractivity contribution in [2.75, 3.05) is 36.6 Å². The molecule has 2 N–H and O–H groups in total. The third-order valence-electron chi connectivity index (χ3n) is 3.18. The second-order valence-corrected chi connectivity index (χ2v) is 8.11. The van der Waals surface area contributed by atoms with Gasteiger partial charge in [-0.25, -0.2) is 8.42 Å². The van der Waals surface area contributed by atoms with Crippen LogP contribution in [0.25, 0.3) is 0 Å². The van der Waals surface area contributed by atoms with Gasteiger partial charge in [0.1, 0.15) is 11.2 Å². The minimum atomic E-state index is -3.00. The second-order valence-electron chi connectivity index (χ2n) is 4.75. The van der Waals surface area contributed by atoms with Gasteiger partial charge in [-0.1, -0.05) is 0 Å². The van der Waals surface area contributed by atoms with Crippen molar-refractivity contribution in [3.05, 3.63) is 12.3 Å². The van der Waals surface area contributed by atoms with E-state index < -0.39 is 9.84 Å². The normalized spacial score (nSPS) is 21.6. The molecule has 2 rings (SSSR count). The lowest BCUT2D eigenvalue weighted by Gasteiger charge is -2.33. The van der Waals surface area contributed by atoms with Gasteiger partial charge in [-0.15, -0.1) is 0 Å². The van der Waals surface area contributed by atoms with Gasteiger partial charge in [0, 0.05) is 43.6 Å². The van der Waals surface area contributed by atoms with Crippen molar-refractivity contribution in [3.63, 3.8) is 0 Å². The summed E-state index contributed by atoms with van der Waals surface area (Å²) in [6.45, 7) is 2.37. The number of thioether (sulfide) groups is 1. The quantitative estimate of drug-likeness (QED) is 0.841. The van der Waals surface area contributed by atoms with E-state index in [-0.39, 0.29) is 5.37 Å². The van der Waals surface area contributed by atoms with E-state index in [0.717, 1.165) is 31.8 Å². The zero-order valence-corrected chi connectivity index (χ0v) is 12.7. The number of aromatic nitrogens is 2. The molecule has 0 bridgehead atoms. The molecule has 0 saturated carbocycles. The average Bonchev–Trinajstić information content (AvgIpc) is 2.74. The SMILES string of the molecule is CS(=O)(=O)C1CSCCN1CCCn1ccc(N)n1. The highest BCUT2D eigenvalue weighted by molar-refractivity contribution is 8.00. The van der Waals surface area contributed by atoms with Gasteiger partial charge in [0.15, 0.2) is 9.84 Å². The van der Waals surface area contributed by atoms with Gasteiger partial charge in [-0.3, -0.25) is 9.58 Å². The Morgan fingerprint density at radius 1 is 1.53 bits per heavy atom. The fraction of sp³-hybridized carbons (Fsp3) is 0.727. The molecule has 1 aliphatic rings. The molecule has 0 aliphatic carbocycles. The molecular weight excluding hydrogens is 284 g/mol. The molecule has 1 atom stereocenters. The molecule has 0 spiro atoms. The Morgan fingerprint density at radius 2 is 2.32 bits per heavy atom.